The number of sulfonamides is 1. The second-order valence-electron chi connectivity index (χ2n) is 3.91. The third-order valence-corrected chi connectivity index (χ3v) is 4.84. The van der Waals surface area contributed by atoms with E-state index in [9.17, 15) is 26.0 Å². The van der Waals surface area contributed by atoms with E-state index < -0.39 is 49.5 Å². The molecule has 10 heteroatoms. The van der Waals surface area contributed by atoms with Crippen molar-refractivity contribution in [3.05, 3.63) is 24.0 Å². The van der Waals surface area contributed by atoms with Gasteiger partial charge in [-0.1, -0.05) is 0 Å². The summed E-state index contributed by atoms with van der Waals surface area (Å²) in [6, 6.07) is 2.36. The molecule has 1 rings (SSSR count). The quantitative estimate of drug-likeness (QED) is 0.710. The highest BCUT2D eigenvalue weighted by Gasteiger charge is 2.21. The monoisotopic (exact) mass is 325 g/mol. The van der Waals surface area contributed by atoms with Crippen molar-refractivity contribution in [3.63, 3.8) is 0 Å². The van der Waals surface area contributed by atoms with E-state index in [-0.39, 0.29) is 4.90 Å². The lowest BCUT2D eigenvalue weighted by atomic mass is 10.3. The third-order valence-electron chi connectivity index (χ3n) is 2.25. The topological polar surface area (TPSA) is 118 Å². The molecule has 20 heavy (non-hydrogen) atoms. The predicted octanol–water partition coefficient (Wildman–Crippen LogP) is -0.0178. The molecule has 0 bridgehead atoms. The van der Waals surface area contributed by atoms with Gasteiger partial charge in [-0.15, -0.1) is 0 Å². The van der Waals surface area contributed by atoms with Gasteiger partial charge < -0.3 is 5.11 Å². The lowest BCUT2D eigenvalue weighted by Gasteiger charge is -2.08. The van der Waals surface area contributed by atoms with Crippen LogP contribution < -0.4 is 4.72 Å². The van der Waals surface area contributed by atoms with Crippen molar-refractivity contribution >= 4 is 25.8 Å². The molecule has 112 valence electrons. The molecule has 2 N–H and O–H groups in total. The van der Waals surface area contributed by atoms with Crippen LogP contribution in [0.15, 0.2) is 28.0 Å². The van der Waals surface area contributed by atoms with Crippen molar-refractivity contribution in [1.82, 2.24) is 4.72 Å². The van der Waals surface area contributed by atoms with Crippen LogP contribution in [0.25, 0.3) is 0 Å². The number of rotatable bonds is 6. The normalized spacial score (nSPS) is 12.3. The number of hydrogen-bond donors (Lipinski definition) is 2. The van der Waals surface area contributed by atoms with Crippen LogP contribution in [0.4, 0.5) is 4.39 Å². The number of carbonyl (C=O) groups is 1. The van der Waals surface area contributed by atoms with Gasteiger partial charge in [-0.05, 0) is 18.2 Å². The van der Waals surface area contributed by atoms with Crippen LogP contribution in [0.5, 0.6) is 0 Å². The Labute approximate surface area is 115 Å². The average molecular weight is 325 g/mol. The Kier molecular flexibility index (Phi) is 4.84. The molecule has 0 aliphatic rings. The van der Waals surface area contributed by atoms with Crippen LogP contribution in [0.3, 0.4) is 0 Å². The van der Waals surface area contributed by atoms with E-state index in [1.165, 1.54) is 0 Å². The molecule has 0 saturated carbocycles. The van der Waals surface area contributed by atoms with Gasteiger partial charge in [0.15, 0.2) is 9.84 Å². The Morgan fingerprint density at radius 3 is 2.40 bits per heavy atom. The highest BCUT2D eigenvalue weighted by atomic mass is 32.2. The Balaban J connectivity index is 3.15. The molecule has 1 aromatic rings. The summed E-state index contributed by atoms with van der Waals surface area (Å²) in [4.78, 5) is 9.09. The SMILES string of the molecule is CS(=O)(=O)c1ccc(F)c(S(=O)(=O)NCCC(=O)O)c1. The molecule has 0 aliphatic carbocycles. The Hall–Kier alpha value is -1.52. The molecule has 1 aromatic carbocycles. The van der Waals surface area contributed by atoms with E-state index in [1.807, 2.05) is 4.72 Å². The van der Waals surface area contributed by atoms with E-state index in [0.29, 0.717) is 6.07 Å². The van der Waals surface area contributed by atoms with Gasteiger partial charge in [0.05, 0.1) is 11.3 Å². The summed E-state index contributed by atoms with van der Waals surface area (Å²) in [5.74, 6) is -2.35. The first-order chi connectivity index (χ1) is 9.04. The standard InChI is InChI=1S/C10H12FNO6S2/c1-19(15,16)7-2-3-8(11)9(6-7)20(17,18)12-5-4-10(13)14/h2-3,6,12H,4-5H2,1H3,(H,13,14). The van der Waals surface area contributed by atoms with E-state index >= 15 is 0 Å². The average Bonchev–Trinajstić information content (AvgIpc) is 2.26. The molecule has 0 unspecified atom stereocenters. The molecule has 0 aromatic heterocycles. The number of sulfone groups is 1. The van der Waals surface area contributed by atoms with Crippen LogP contribution in [0.2, 0.25) is 0 Å². The zero-order valence-electron chi connectivity index (χ0n) is 10.3. The van der Waals surface area contributed by atoms with Gasteiger partial charge in [0.2, 0.25) is 10.0 Å². The van der Waals surface area contributed by atoms with Gasteiger partial charge in [0, 0.05) is 12.8 Å². The highest BCUT2D eigenvalue weighted by molar-refractivity contribution is 7.91. The molecule has 0 spiro atoms. The fraction of sp³-hybridized carbons (Fsp3) is 0.300. The molecule has 7 nitrogen and oxygen atoms in total. The van der Waals surface area contributed by atoms with Crippen LogP contribution in [0.1, 0.15) is 6.42 Å². The highest BCUT2D eigenvalue weighted by Crippen LogP contribution is 2.19. The van der Waals surface area contributed by atoms with Gasteiger partial charge in [0.1, 0.15) is 10.7 Å². The largest absolute Gasteiger partial charge is 0.481 e. The number of nitrogens with one attached hydrogen (secondary N) is 1. The van der Waals surface area contributed by atoms with Gasteiger partial charge in [-0.25, -0.2) is 25.9 Å². The fourth-order valence-electron chi connectivity index (χ4n) is 1.29. The van der Waals surface area contributed by atoms with Gasteiger partial charge in [0.25, 0.3) is 0 Å². The Morgan fingerprint density at radius 1 is 1.30 bits per heavy atom. The van der Waals surface area contributed by atoms with Crippen molar-refractivity contribution in [2.45, 2.75) is 16.2 Å². The second kappa shape index (κ2) is 5.85. The van der Waals surface area contributed by atoms with Crippen LogP contribution in [-0.2, 0) is 24.7 Å². The molecule has 0 atom stereocenters. The molecule has 0 fully saturated rings. The number of hydrogen-bond acceptors (Lipinski definition) is 5. The van der Waals surface area contributed by atoms with E-state index in [2.05, 4.69) is 0 Å². The number of halogens is 1. The first-order valence-corrected chi connectivity index (χ1v) is 8.62. The minimum atomic E-state index is -4.32. The van der Waals surface area contributed by atoms with Crippen LogP contribution in [-0.4, -0.2) is 40.7 Å². The van der Waals surface area contributed by atoms with E-state index in [0.717, 1.165) is 18.4 Å². The summed E-state index contributed by atoms with van der Waals surface area (Å²) < 4.78 is 61.6. The lowest BCUT2D eigenvalue weighted by Crippen LogP contribution is -2.27. The van der Waals surface area contributed by atoms with Gasteiger partial charge in [-0.2, -0.15) is 0 Å². The molecular weight excluding hydrogens is 313 g/mol. The van der Waals surface area contributed by atoms with Crippen molar-refractivity contribution in [1.29, 1.82) is 0 Å². The number of carboxylic acids is 1. The van der Waals surface area contributed by atoms with Crippen molar-refractivity contribution in [3.8, 4) is 0 Å². The summed E-state index contributed by atoms with van der Waals surface area (Å²) in [5.41, 5.74) is 0. The molecular formula is C10H12FNO6S2. The molecule has 0 heterocycles. The summed E-state index contributed by atoms with van der Waals surface area (Å²) in [6.45, 7) is -0.430. The Morgan fingerprint density at radius 2 is 1.90 bits per heavy atom. The first-order valence-electron chi connectivity index (χ1n) is 5.25. The van der Waals surface area contributed by atoms with Gasteiger partial charge in [-0.3, -0.25) is 4.79 Å². The minimum absolute atomic E-state index is 0.350. The smallest absolute Gasteiger partial charge is 0.304 e. The van der Waals surface area contributed by atoms with E-state index in [4.69, 9.17) is 5.11 Å². The molecule has 0 amide bonds. The zero-order valence-corrected chi connectivity index (χ0v) is 12.0. The van der Waals surface area contributed by atoms with Crippen molar-refractivity contribution in [2.75, 3.05) is 12.8 Å². The fourth-order valence-corrected chi connectivity index (χ4v) is 3.15. The van der Waals surface area contributed by atoms with Crippen LogP contribution >= 0.6 is 0 Å². The lowest BCUT2D eigenvalue weighted by molar-refractivity contribution is -0.136. The van der Waals surface area contributed by atoms with Crippen molar-refractivity contribution in [2.24, 2.45) is 0 Å². The molecule has 0 saturated heterocycles. The number of benzene rings is 1. The molecule has 0 radical (unpaired) electrons. The summed E-state index contributed by atoms with van der Waals surface area (Å²) >= 11 is 0. The maximum absolute atomic E-state index is 13.5. The van der Waals surface area contributed by atoms with Gasteiger partial charge >= 0.3 is 5.97 Å². The number of carboxylic acid groups (broad SMARTS) is 1. The van der Waals surface area contributed by atoms with Crippen LogP contribution in [0, 0.1) is 5.82 Å². The van der Waals surface area contributed by atoms with E-state index in [1.54, 1.807) is 0 Å². The second-order valence-corrected chi connectivity index (χ2v) is 7.66. The number of aliphatic carboxylic acids is 1. The third kappa shape index (κ3) is 4.25. The summed E-state index contributed by atoms with van der Waals surface area (Å²) in [6.07, 6.45) is 0.376. The van der Waals surface area contributed by atoms with Crippen molar-refractivity contribution < 1.29 is 31.1 Å². The summed E-state index contributed by atoms with van der Waals surface area (Å²) in [5, 5.41) is 8.40. The Bertz CT molecular complexity index is 726. The maximum Gasteiger partial charge on any atom is 0.304 e. The summed E-state index contributed by atoms with van der Waals surface area (Å²) in [7, 11) is -8.01. The predicted molar refractivity (Wildman–Crippen MR) is 67.0 cm³/mol. The maximum atomic E-state index is 13.5. The first kappa shape index (κ1) is 16.5. The minimum Gasteiger partial charge on any atom is -0.481 e. The molecule has 0 aliphatic heterocycles. The zero-order chi connectivity index (χ0) is 15.6.